The molecule has 0 aromatic heterocycles. The summed E-state index contributed by atoms with van der Waals surface area (Å²) in [5.74, 6) is -1.00. The number of carboxylic acids is 1. The summed E-state index contributed by atoms with van der Waals surface area (Å²) in [5, 5.41) is 9.36. The molecule has 0 heterocycles. The van der Waals surface area contributed by atoms with Crippen LogP contribution in [-0.2, 0) is 14.8 Å². The molecule has 2 rings (SSSR count). The smallest absolute Gasteiger partial charge is 0.303 e. The Morgan fingerprint density at radius 2 is 1.76 bits per heavy atom. The van der Waals surface area contributed by atoms with Gasteiger partial charge in [0.2, 0.25) is 0 Å². The molecular formula is C16H14BrCl2NO4S. The number of anilines is 1. The lowest BCUT2D eigenvalue weighted by molar-refractivity contribution is -0.137. The third-order valence-electron chi connectivity index (χ3n) is 3.33. The minimum atomic E-state index is -3.93. The average molecular weight is 467 g/mol. The van der Waals surface area contributed by atoms with Crippen LogP contribution in [0.15, 0.2) is 51.8 Å². The van der Waals surface area contributed by atoms with E-state index in [-0.39, 0.29) is 35.0 Å². The van der Waals surface area contributed by atoms with Gasteiger partial charge in [-0.3, -0.25) is 9.10 Å². The van der Waals surface area contributed by atoms with Crippen molar-refractivity contribution in [3.05, 3.63) is 57.0 Å². The molecule has 0 amide bonds. The highest BCUT2D eigenvalue weighted by atomic mass is 79.9. The first-order chi connectivity index (χ1) is 11.7. The van der Waals surface area contributed by atoms with Gasteiger partial charge in [-0.1, -0.05) is 39.1 Å². The van der Waals surface area contributed by atoms with E-state index in [9.17, 15) is 13.2 Å². The van der Waals surface area contributed by atoms with Gasteiger partial charge >= 0.3 is 5.97 Å². The van der Waals surface area contributed by atoms with Crippen LogP contribution in [0, 0.1) is 0 Å². The summed E-state index contributed by atoms with van der Waals surface area (Å²) < 4.78 is 27.9. The molecule has 0 saturated heterocycles. The quantitative estimate of drug-likeness (QED) is 0.634. The van der Waals surface area contributed by atoms with Crippen molar-refractivity contribution < 1.29 is 18.3 Å². The SMILES string of the molecule is O=C(O)CCCN(c1cc(Cl)ccc1Cl)S(=O)(=O)c1ccc(Br)cc1. The number of sulfonamides is 1. The molecule has 0 bridgehead atoms. The fraction of sp³-hybridized carbons (Fsp3) is 0.188. The molecule has 134 valence electrons. The topological polar surface area (TPSA) is 74.7 Å². The highest BCUT2D eigenvalue weighted by Gasteiger charge is 2.26. The number of halogens is 3. The van der Waals surface area contributed by atoms with Crippen LogP contribution in [0.25, 0.3) is 0 Å². The van der Waals surface area contributed by atoms with Gasteiger partial charge in [-0.25, -0.2) is 8.42 Å². The summed E-state index contributed by atoms with van der Waals surface area (Å²) in [6.45, 7) is -0.0369. The lowest BCUT2D eigenvalue weighted by atomic mass is 10.3. The predicted octanol–water partition coefficient (Wildman–Crippen LogP) is 4.82. The Kier molecular flexibility index (Phi) is 6.73. The van der Waals surface area contributed by atoms with Crippen LogP contribution in [0.4, 0.5) is 5.69 Å². The molecule has 9 heteroatoms. The van der Waals surface area contributed by atoms with Crippen LogP contribution < -0.4 is 4.31 Å². The first-order valence-electron chi connectivity index (χ1n) is 7.17. The molecule has 0 aliphatic rings. The Bertz CT molecular complexity index is 872. The maximum atomic E-state index is 13.0. The number of carbonyl (C=O) groups is 1. The molecule has 2 aromatic rings. The largest absolute Gasteiger partial charge is 0.481 e. The molecule has 2 aromatic carbocycles. The van der Waals surface area contributed by atoms with E-state index in [0.29, 0.717) is 5.02 Å². The monoisotopic (exact) mass is 465 g/mol. The summed E-state index contributed by atoms with van der Waals surface area (Å²) in [6, 6.07) is 10.6. The van der Waals surface area contributed by atoms with E-state index in [2.05, 4.69) is 15.9 Å². The van der Waals surface area contributed by atoms with Crippen LogP contribution >= 0.6 is 39.1 Å². The molecule has 0 fully saturated rings. The van der Waals surface area contributed by atoms with Crippen molar-refractivity contribution in [3.8, 4) is 0 Å². The molecule has 0 saturated carbocycles. The van der Waals surface area contributed by atoms with Gasteiger partial charge in [0, 0.05) is 22.5 Å². The van der Waals surface area contributed by atoms with Crippen molar-refractivity contribution in [2.45, 2.75) is 17.7 Å². The molecule has 0 aliphatic carbocycles. The van der Waals surface area contributed by atoms with Gasteiger partial charge in [0.25, 0.3) is 10.0 Å². The molecule has 0 spiro atoms. The van der Waals surface area contributed by atoms with E-state index in [0.717, 1.165) is 8.78 Å². The van der Waals surface area contributed by atoms with Crippen LogP contribution in [-0.4, -0.2) is 26.0 Å². The first-order valence-corrected chi connectivity index (χ1v) is 10.2. The molecule has 5 nitrogen and oxygen atoms in total. The minimum absolute atomic E-state index is 0.0369. The highest BCUT2D eigenvalue weighted by Crippen LogP contribution is 2.33. The number of hydrogen-bond acceptors (Lipinski definition) is 3. The number of rotatable bonds is 7. The van der Waals surface area contributed by atoms with Crippen molar-refractivity contribution in [1.82, 2.24) is 0 Å². The summed E-state index contributed by atoms with van der Waals surface area (Å²) in [5.41, 5.74) is 0.211. The van der Waals surface area contributed by atoms with Gasteiger partial charge in [-0.15, -0.1) is 0 Å². The van der Waals surface area contributed by atoms with E-state index in [1.165, 1.54) is 24.3 Å². The molecule has 1 N–H and O–H groups in total. The van der Waals surface area contributed by atoms with E-state index >= 15 is 0 Å². The number of aliphatic carboxylic acids is 1. The molecule has 0 radical (unpaired) electrons. The summed E-state index contributed by atoms with van der Waals surface area (Å²) >= 11 is 15.4. The Hall–Kier alpha value is -1.28. The normalized spacial score (nSPS) is 11.3. The van der Waals surface area contributed by atoms with Crippen LogP contribution in [0.5, 0.6) is 0 Å². The van der Waals surface area contributed by atoms with Gasteiger partial charge in [-0.2, -0.15) is 0 Å². The second-order valence-electron chi connectivity index (χ2n) is 5.12. The third-order valence-corrected chi connectivity index (χ3v) is 6.24. The number of carboxylic acid groups (broad SMARTS) is 1. The van der Waals surface area contributed by atoms with E-state index in [4.69, 9.17) is 28.3 Å². The summed E-state index contributed by atoms with van der Waals surface area (Å²) in [4.78, 5) is 10.8. The van der Waals surface area contributed by atoms with Gasteiger partial charge in [0.15, 0.2) is 0 Å². The fourth-order valence-electron chi connectivity index (χ4n) is 2.15. The first kappa shape index (κ1) is 20.0. The standard InChI is InChI=1S/C16H14BrCl2NO4S/c17-11-3-6-13(7-4-11)25(23,24)20(9-1-2-16(21)22)15-10-12(18)5-8-14(15)19/h3-8,10H,1-2,9H2,(H,21,22). The fourth-order valence-corrected chi connectivity index (χ4v) is 4.37. The number of hydrogen-bond donors (Lipinski definition) is 1. The van der Waals surface area contributed by atoms with Gasteiger partial charge < -0.3 is 5.11 Å². The lowest BCUT2D eigenvalue weighted by Crippen LogP contribution is -2.32. The van der Waals surface area contributed by atoms with Crippen molar-refractivity contribution >= 4 is 60.8 Å². The Morgan fingerprint density at radius 3 is 2.36 bits per heavy atom. The van der Waals surface area contributed by atoms with Gasteiger partial charge in [-0.05, 0) is 48.9 Å². The molecule has 25 heavy (non-hydrogen) atoms. The lowest BCUT2D eigenvalue weighted by Gasteiger charge is -2.25. The summed E-state index contributed by atoms with van der Waals surface area (Å²) in [6.07, 6.45) is -0.0293. The molecule has 0 unspecified atom stereocenters. The second kappa shape index (κ2) is 8.40. The van der Waals surface area contributed by atoms with E-state index in [1.807, 2.05) is 0 Å². The molecular weight excluding hydrogens is 453 g/mol. The number of nitrogens with zero attached hydrogens (tertiary/aromatic N) is 1. The van der Waals surface area contributed by atoms with Crippen molar-refractivity contribution in [3.63, 3.8) is 0 Å². The van der Waals surface area contributed by atoms with E-state index in [1.54, 1.807) is 18.2 Å². The Morgan fingerprint density at radius 1 is 1.12 bits per heavy atom. The second-order valence-corrected chi connectivity index (χ2v) is 8.75. The van der Waals surface area contributed by atoms with Gasteiger partial charge in [0.1, 0.15) is 0 Å². The van der Waals surface area contributed by atoms with Crippen molar-refractivity contribution in [2.24, 2.45) is 0 Å². The zero-order chi connectivity index (χ0) is 18.6. The zero-order valence-corrected chi connectivity index (χ0v) is 16.7. The highest BCUT2D eigenvalue weighted by molar-refractivity contribution is 9.10. The van der Waals surface area contributed by atoms with Crippen LogP contribution in [0.3, 0.4) is 0 Å². The average Bonchev–Trinajstić information content (AvgIpc) is 2.54. The zero-order valence-electron chi connectivity index (χ0n) is 12.8. The molecule has 0 atom stereocenters. The predicted molar refractivity (Wildman–Crippen MR) is 102 cm³/mol. The maximum Gasteiger partial charge on any atom is 0.303 e. The van der Waals surface area contributed by atoms with Crippen LogP contribution in [0.1, 0.15) is 12.8 Å². The summed E-state index contributed by atoms with van der Waals surface area (Å²) in [7, 11) is -3.93. The molecule has 0 aliphatic heterocycles. The number of benzene rings is 2. The minimum Gasteiger partial charge on any atom is -0.481 e. The maximum absolute atomic E-state index is 13.0. The van der Waals surface area contributed by atoms with Crippen LogP contribution in [0.2, 0.25) is 10.0 Å². The van der Waals surface area contributed by atoms with E-state index < -0.39 is 16.0 Å². The van der Waals surface area contributed by atoms with Crippen molar-refractivity contribution in [1.29, 1.82) is 0 Å². The van der Waals surface area contributed by atoms with Gasteiger partial charge in [0.05, 0.1) is 15.6 Å². The Labute approximate surface area is 164 Å². The Balaban J connectivity index is 2.47. The third kappa shape index (κ3) is 5.10. The van der Waals surface area contributed by atoms with Crippen molar-refractivity contribution in [2.75, 3.05) is 10.8 Å².